The first-order valence-electron chi connectivity index (χ1n) is 5.04. The van der Waals surface area contributed by atoms with Gasteiger partial charge in [-0.3, -0.25) is 0 Å². The highest BCUT2D eigenvalue weighted by Crippen LogP contribution is 2.25. The first-order chi connectivity index (χ1) is 7.81. The summed E-state index contributed by atoms with van der Waals surface area (Å²) in [4.78, 5) is 0. The minimum Gasteiger partial charge on any atom is -0.374 e. The van der Waals surface area contributed by atoms with Crippen LogP contribution in [0.2, 0.25) is 0 Å². The molecule has 2 heterocycles. The van der Waals surface area contributed by atoms with Crippen LogP contribution in [0.5, 0.6) is 0 Å². The molecule has 0 atom stereocenters. The third-order valence-electron chi connectivity index (χ3n) is 2.37. The van der Waals surface area contributed by atoms with Crippen molar-refractivity contribution in [1.29, 1.82) is 0 Å². The molecule has 7 nitrogen and oxygen atoms in total. The molecule has 0 unspecified atom stereocenters. The molecule has 17 heavy (non-hydrogen) atoms. The maximum Gasteiger partial charge on any atom is 0.272 e. The number of nitrogens with zero attached hydrogens (tertiary/aromatic N) is 3. The molecule has 0 spiro atoms. The molecule has 0 amide bonds. The van der Waals surface area contributed by atoms with Crippen molar-refractivity contribution >= 4 is 26.5 Å². The monoisotopic (exact) mass is 278 g/mol. The van der Waals surface area contributed by atoms with Crippen LogP contribution in [-0.2, 0) is 14.8 Å². The zero-order valence-electron chi connectivity index (χ0n) is 9.58. The van der Waals surface area contributed by atoms with Crippen LogP contribution in [0.1, 0.15) is 13.8 Å². The van der Waals surface area contributed by atoms with Crippen LogP contribution >= 0.6 is 11.3 Å². The summed E-state index contributed by atoms with van der Waals surface area (Å²) < 4.78 is 31.2. The quantitative estimate of drug-likeness (QED) is 0.812. The van der Waals surface area contributed by atoms with Crippen molar-refractivity contribution in [2.45, 2.75) is 23.8 Å². The van der Waals surface area contributed by atoms with Crippen molar-refractivity contribution in [2.75, 3.05) is 25.4 Å². The Labute approximate surface area is 104 Å². The molecule has 1 aromatic rings. The number of hydrogen-bond acceptors (Lipinski definition) is 7. The summed E-state index contributed by atoms with van der Waals surface area (Å²) in [7, 11) is -3.59. The van der Waals surface area contributed by atoms with Gasteiger partial charge in [-0.25, -0.2) is 8.42 Å². The fourth-order valence-corrected chi connectivity index (χ4v) is 4.11. The lowest BCUT2D eigenvalue weighted by Crippen LogP contribution is -2.50. The molecule has 2 N–H and O–H groups in total. The van der Waals surface area contributed by atoms with Crippen LogP contribution in [0.4, 0.5) is 5.13 Å². The highest BCUT2D eigenvalue weighted by molar-refractivity contribution is 7.91. The molecule has 9 heteroatoms. The Morgan fingerprint density at radius 3 is 2.71 bits per heavy atom. The van der Waals surface area contributed by atoms with Gasteiger partial charge in [0.05, 0.1) is 12.2 Å². The number of sulfonamides is 1. The zero-order valence-corrected chi connectivity index (χ0v) is 11.2. The van der Waals surface area contributed by atoms with Gasteiger partial charge >= 0.3 is 0 Å². The van der Waals surface area contributed by atoms with Gasteiger partial charge in [-0.2, -0.15) is 4.31 Å². The Kier molecular flexibility index (Phi) is 3.10. The summed E-state index contributed by atoms with van der Waals surface area (Å²) in [5, 5.41) is 7.26. The van der Waals surface area contributed by atoms with Gasteiger partial charge in [0.15, 0.2) is 0 Å². The van der Waals surface area contributed by atoms with E-state index >= 15 is 0 Å². The highest BCUT2D eigenvalue weighted by atomic mass is 32.2. The third-order valence-corrected chi connectivity index (χ3v) is 5.32. The Morgan fingerprint density at radius 1 is 1.47 bits per heavy atom. The van der Waals surface area contributed by atoms with E-state index in [1.54, 1.807) is 0 Å². The Hall–Kier alpha value is -0.770. The second-order valence-electron chi connectivity index (χ2n) is 4.35. The lowest BCUT2D eigenvalue weighted by atomic mass is 10.1. The Morgan fingerprint density at radius 2 is 2.18 bits per heavy atom. The molecule has 1 aliphatic rings. The van der Waals surface area contributed by atoms with Gasteiger partial charge in [0, 0.05) is 13.1 Å². The fourth-order valence-electron chi connectivity index (χ4n) is 1.61. The van der Waals surface area contributed by atoms with E-state index in [2.05, 4.69) is 10.2 Å². The third kappa shape index (κ3) is 2.57. The lowest BCUT2D eigenvalue weighted by molar-refractivity contribution is -0.0640. The second kappa shape index (κ2) is 4.16. The van der Waals surface area contributed by atoms with Crippen LogP contribution in [0.15, 0.2) is 4.34 Å². The van der Waals surface area contributed by atoms with Gasteiger partial charge in [0.2, 0.25) is 9.47 Å². The average Bonchev–Trinajstić information content (AvgIpc) is 2.64. The van der Waals surface area contributed by atoms with Crippen molar-refractivity contribution in [3.8, 4) is 0 Å². The summed E-state index contributed by atoms with van der Waals surface area (Å²) in [6.45, 7) is 4.70. The summed E-state index contributed by atoms with van der Waals surface area (Å²) >= 11 is 0.874. The van der Waals surface area contributed by atoms with Crippen molar-refractivity contribution in [3.63, 3.8) is 0 Å². The summed E-state index contributed by atoms with van der Waals surface area (Å²) in [5.41, 5.74) is 4.91. The van der Waals surface area contributed by atoms with Crippen LogP contribution in [-0.4, -0.2) is 48.2 Å². The number of morpholine rings is 1. The average molecular weight is 278 g/mol. The second-order valence-corrected chi connectivity index (χ2v) is 7.47. The number of nitrogen functional groups attached to an aromatic ring is 1. The molecule has 1 aromatic heterocycles. The maximum atomic E-state index is 12.2. The van der Waals surface area contributed by atoms with E-state index < -0.39 is 15.6 Å². The largest absolute Gasteiger partial charge is 0.374 e. The van der Waals surface area contributed by atoms with E-state index in [4.69, 9.17) is 10.5 Å². The number of aromatic nitrogens is 2. The number of rotatable bonds is 2. The molecular weight excluding hydrogens is 264 g/mol. The first-order valence-corrected chi connectivity index (χ1v) is 7.30. The minimum absolute atomic E-state index is 0.0623. The van der Waals surface area contributed by atoms with Gasteiger partial charge in [-0.15, -0.1) is 10.2 Å². The number of nitrogens with two attached hydrogens (primary N) is 1. The Bertz CT molecular complexity index is 511. The van der Waals surface area contributed by atoms with Gasteiger partial charge < -0.3 is 10.5 Å². The maximum absolute atomic E-state index is 12.2. The number of ether oxygens (including phenoxy) is 1. The molecule has 1 saturated heterocycles. The van der Waals surface area contributed by atoms with E-state index in [0.717, 1.165) is 11.3 Å². The summed E-state index contributed by atoms with van der Waals surface area (Å²) in [6, 6.07) is 0. The molecule has 0 aromatic carbocycles. The van der Waals surface area contributed by atoms with Crippen molar-refractivity contribution in [2.24, 2.45) is 0 Å². The molecule has 1 aliphatic heterocycles. The molecule has 0 bridgehead atoms. The van der Waals surface area contributed by atoms with Crippen LogP contribution in [0, 0.1) is 0 Å². The van der Waals surface area contributed by atoms with E-state index in [1.165, 1.54) is 4.31 Å². The molecule has 0 aliphatic carbocycles. The smallest absolute Gasteiger partial charge is 0.272 e. The van der Waals surface area contributed by atoms with Crippen molar-refractivity contribution in [3.05, 3.63) is 0 Å². The SMILES string of the molecule is CC1(C)CN(S(=O)(=O)c2nnc(N)s2)CCO1. The fraction of sp³-hybridized carbons (Fsp3) is 0.750. The van der Waals surface area contributed by atoms with Gasteiger partial charge in [0.25, 0.3) is 10.0 Å². The normalized spacial score (nSPS) is 21.5. The van der Waals surface area contributed by atoms with E-state index in [9.17, 15) is 8.42 Å². The van der Waals surface area contributed by atoms with Crippen LogP contribution in [0.3, 0.4) is 0 Å². The molecule has 0 saturated carbocycles. The predicted molar refractivity (Wildman–Crippen MR) is 63.1 cm³/mol. The van der Waals surface area contributed by atoms with E-state index in [0.29, 0.717) is 19.7 Å². The predicted octanol–water partition coefficient (Wildman–Crippen LogP) is -0.0802. The molecular formula is C8H14N4O3S2. The Balaban J connectivity index is 2.27. The van der Waals surface area contributed by atoms with Crippen molar-refractivity contribution < 1.29 is 13.2 Å². The zero-order chi connectivity index (χ0) is 12.7. The minimum atomic E-state index is -3.59. The lowest BCUT2D eigenvalue weighted by Gasteiger charge is -2.36. The van der Waals surface area contributed by atoms with E-state index in [-0.39, 0.29) is 9.47 Å². The number of anilines is 1. The van der Waals surface area contributed by atoms with Gasteiger partial charge in [-0.1, -0.05) is 11.3 Å². The van der Waals surface area contributed by atoms with Gasteiger partial charge in [-0.05, 0) is 13.8 Å². The topological polar surface area (TPSA) is 98.4 Å². The highest BCUT2D eigenvalue weighted by Gasteiger charge is 2.36. The van der Waals surface area contributed by atoms with Gasteiger partial charge in [0.1, 0.15) is 0 Å². The molecule has 0 radical (unpaired) electrons. The standard InChI is InChI=1S/C8H14N4O3S2/c1-8(2)5-12(3-4-15-8)17(13,14)7-11-10-6(9)16-7/h3-5H2,1-2H3,(H2,9,10). The first kappa shape index (κ1) is 12.7. The summed E-state index contributed by atoms with van der Waals surface area (Å²) in [6.07, 6.45) is 0. The molecule has 96 valence electrons. The molecule has 2 rings (SSSR count). The van der Waals surface area contributed by atoms with Crippen molar-refractivity contribution in [1.82, 2.24) is 14.5 Å². The van der Waals surface area contributed by atoms with E-state index in [1.807, 2.05) is 13.8 Å². The summed E-state index contributed by atoms with van der Waals surface area (Å²) in [5.74, 6) is 0. The van der Waals surface area contributed by atoms with Crippen LogP contribution < -0.4 is 5.73 Å². The number of hydrogen-bond donors (Lipinski definition) is 1. The van der Waals surface area contributed by atoms with Crippen LogP contribution in [0.25, 0.3) is 0 Å². The molecule has 1 fully saturated rings.